The lowest BCUT2D eigenvalue weighted by molar-refractivity contribution is 0.0765. The predicted octanol–water partition coefficient (Wildman–Crippen LogP) is 1.72. The van der Waals surface area contributed by atoms with Crippen LogP contribution in [0.4, 0.5) is 4.79 Å². The lowest BCUT2D eigenvalue weighted by Crippen LogP contribution is -2.57. The maximum absolute atomic E-state index is 12.0. The molecule has 18 heavy (non-hydrogen) atoms. The second-order valence-electron chi connectivity index (χ2n) is 4.80. The fourth-order valence-corrected chi connectivity index (χ4v) is 3.05. The van der Waals surface area contributed by atoms with E-state index in [1.807, 2.05) is 0 Å². The van der Waals surface area contributed by atoms with E-state index < -0.39 is 0 Å². The monoisotopic (exact) mass is 334 g/mol. The van der Waals surface area contributed by atoms with Gasteiger partial charge in [0.2, 0.25) is 0 Å². The summed E-state index contributed by atoms with van der Waals surface area (Å²) in [5, 5.41) is 7.07. The maximum atomic E-state index is 12.0. The fraction of sp³-hybridized carbons (Fsp3) is 0.636. The van der Waals surface area contributed by atoms with E-state index in [4.69, 9.17) is 0 Å². The number of carbonyl (C=O) groups is 1. The molecule has 0 saturated carbocycles. The number of rotatable bonds is 1. The summed E-state index contributed by atoms with van der Waals surface area (Å²) in [7, 11) is 0. The zero-order chi connectivity index (χ0) is 11.8. The van der Waals surface area contributed by atoms with Crippen LogP contribution in [0.3, 0.4) is 0 Å². The number of nitrogens with one attached hydrogen (secondary N) is 1. The molecule has 4 heterocycles. The van der Waals surface area contributed by atoms with E-state index in [2.05, 4.69) is 31.2 Å². The van der Waals surface area contributed by atoms with Gasteiger partial charge in [0.15, 0.2) is 0 Å². The van der Waals surface area contributed by atoms with E-state index in [-0.39, 0.29) is 24.5 Å². The molecule has 1 N–H and O–H groups in total. The largest absolute Gasteiger partial charge is 0.342 e. The van der Waals surface area contributed by atoms with E-state index in [1.54, 1.807) is 12.4 Å². The van der Waals surface area contributed by atoms with Crippen molar-refractivity contribution in [2.24, 2.45) is 5.92 Å². The van der Waals surface area contributed by atoms with Crippen molar-refractivity contribution in [3.63, 3.8) is 0 Å². The van der Waals surface area contributed by atoms with Gasteiger partial charge < -0.3 is 10.2 Å². The third kappa shape index (κ3) is 2.70. The van der Waals surface area contributed by atoms with Gasteiger partial charge in [0.25, 0.3) is 0 Å². The topological polar surface area (TPSA) is 50.2 Å². The van der Waals surface area contributed by atoms with E-state index in [0.29, 0.717) is 5.92 Å². The Kier molecular flexibility index (Phi) is 4.29. The van der Waals surface area contributed by atoms with Gasteiger partial charge in [0.05, 0.1) is 10.7 Å². The molecule has 1 atom stereocenters. The first-order valence-corrected chi connectivity index (χ1v) is 6.75. The smallest absolute Gasteiger partial charge is 0.332 e. The molecule has 1 aromatic rings. The van der Waals surface area contributed by atoms with Crippen molar-refractivity contribution in [1.82, 2.24) is 20.0 Å². The number of hydrogen-bond acceptors (Lipinski definition) is 3. The van der Waals surface area contributed by atoms with Gasteiger partial charge in [-0.15, -0.1) is 12.4 Å². The van der Waals surface area contributed by atoms with Crippen molar-refractivity contribution in [1.29, 1.82) is 0 Å². The molecule has 0 aliphatic carbocycles. The van der Waals surface area contributed by atoms with Crippen molar-refractivity contribution in [2.45, 2.75) is 18.9 Å². The van der Waals surface area contributed by atoms with Crippen molar-refractivity contribution < 1.29 is 4.79 Å². The van der Waals surface area contributed by atoms with Crippen molar-refractivity contribution >= 4 is 34.4 Å². The summed E-state index contributed by atoms with van der Waals surface area (Å²) in [5.74, 6) is 0.642. The van der Waals surface area contributed by atoms with Gasteiger partial charge >= 0.3 is 6.03 Å². The Morgan fingerprint density at radius 3 is 2.67 bits per heavy atom. The second kappa shape index (κ2) is 5.59. The normalized spacial score (nSPS) is 29.7. The Morgan fingerprint density at radius 2 is 2.17 bits per heavy atom. The number of hydrogen-bond donors (Lipinski definition) is 1. The Bertz CT molecular complexity index is 430. The molecule has 0 radical (unpaired) electrons. The Morgan fingerprint density at radius 1 is 1.44 bits per heavy atom. The van der Waals surface area contributed by atoms with Crippen LogP contribution in [0.5, 0.6) is 0 Å². The van der Waals surface area contributed by atoms with Crippen LogP contribution in [-0.2, 0) is 0 Å². The molecular formula is C11H16BrClN4O. The number of piperidine rings is 3. The van der Waals surface area contributed by atoms with Crippen LogP contribution in [-0.4, -0.2) is 46.4 Å². The minimum Gasteiger partial charge on any atom is -0.332 e. The average Bonchev–Trinajstić information content (AvgIpc) is 2.77. The van der Waals surface area contributed by atoms with Gasteiger partial charge in [-0.3, -0.25) is 0 Å². The van der Waals surface area contributed by atoms with Crippen LogP contribution in [0.25, 0.3) is 0 Å². The summed E-state index contributed by atoms with van der Waals surface area (Å²) in [6.07, 6.45) is 5.70. The van der Waals surface area contributed by atoms with Crippen LogP contribution < -0.4 is 5.32 Å². The second-order valence-corrected chi connectivity index (χ2v) is 5.71. The zero-order valence-corrected chi connectivity index (χ0v) is 12.3. The molecule has 1 aromatic heterocycles. The third-order valence-corrected chi connectivity index (χ3v) is 4.13. The van der Waals surface area contributed by atoms with Gasteiger partial charge in [-0.2, -0.15) is 9.78 Å². The van der Waals surface area contributed by atoms with Crippen molar-refractivity contribution in [3.05, 3.63) is 16.9 Å². The first kappa shape index (κ1) is 13.8. The molecular weight excluding hydrogens is 320 g/mol. The standard InChI is InChI=1S/C11H15BrN4O.ClH/c12-9-5-13-16(6-9)11(17)14-10-7-15-3-1-8(10)2-4-15;/h5-6,8,10H,1-4,7H2,(H,14,17);1H/t10-;/m0./s1. The van der Waals surface area contributed by atoms with E-state index in [1.165, 1.54) is 30.6 Å². The summed E-state index contributed by atoms with van der Waals surface area (Å²) in [5.41, 5.74) is 0. The van der Waals surface area contributed by atoms with Gasteiger partial charge in [0.1, 0.15) is 0 Å². The lowest BCUT2D eigenvalue weighted by atomic mass is 9.84. The third-order valence-electron chi connectivity index (χ3n) is 3.72. The summed E-state index contributed by atoms with van der Waals surface area (Å²) in [6.45, 7) is 3.35. The van der Waals surface area contributed by atoms with Crippen molar-refractivity contribution in [3.8, 4) is 0 Å². The number of carbonyl (C=O) groups excluding carboxylic acids is 1. The highest BCUT2D eigenvalue weighted by Gasteiger charge is 2.35. The minimum absolute atomic E-state index is 0. The number of aromatic nitrogens is 2. The van der Waals surface area contributed by atoms with Crippen LogP contribution in [0, 0.1) is 5.92 Å². The van der Waals surface area contributed by atoms with Gasteiger partial charge in [-0.25, -0.2) is 4.79 Å². The summed E-state index contributed by atoms with van der Waals surface area (Å²) < 4.78 is 2.17. The van der Waals surface area contributed by atoms with Gasteiger partial charge in [-0.1, -0.05) is 0 Å². The zero-order valence-electron chi connectivity index (χ0n) is 9.88. The molecule has 3 aliphatic rings. The number of nitrogens with zero attached hydrogens (tertiary/aromatic N) is 3. The Labute approximate surface area is 120 Å². The molecule has 3 fully saturated rings. The molecule has 3 aliphatic heterocycles. The van der Waals surface area contributed by atoms with Gasteiger partial charge in [0, 0.05) is 18.8 Å². The number of halogens is 2. The van der Waals surface area contributed by atoms with E-state index >= 15 is 0 Å². The quantitative estimate of drug-likeness (QED) is 0.850. The first-order chi connectivity index (χ1) is 8.22. The molecule has 7 heteroatoms. The highest BCUT2D eigenvalue weighted by molar-refractivity contribution is 9.10. The summed E-state index contributed by atoms with van der Waals surface area (Å²) >= 11 is 3.29. The molecule has 100 valence electrons. The molecule has 0 spiro atoms. The lowest BCUT2D eigenvalue weighted by Gasteiger charge is -2.44. The van der Waals surface area contributed by atoms with Crippen LogP contribution >= 0.6 is 28.3 Å². The van der Waals surface area contributed by atoms with E-state index in [0.717, 1.165) is 11.0 Å². The minimum atomic E-state index is -0.130. The number of amides is 1. The SMILES string of the molecule is Cl.O=C(N[C@H]1CN2CCC1CC2)n1cc(Br)cn1. The molecule has 2 bridgehead atoms. The van der Waals surface area contributed by atoms with Crippen LogP contribution in [0.1, 0.15) is 12.8 Å². The average molecular weight is 336 g/mol. The van der Waals surface area contributed by atoms with Crippen LogP contribution in [0.2, 0.25) is 0 Å². The highest BCUT2D eigenvalue weighted by atomic mass is 79.9. The van der Waals surface area contributed by atoms with E-state index in [9.17, 15) is 4.79 Å². The Balaban J connectivity index is 0.00000120. The highest BCUT2D eigenvalue weighted by Crippen LogP contribution is 2.27. The number of fused-ring (bicyclic) bond motifs is 3. The summed E-state index contributed by atoms with van der Waals surface area (Å²) in [6, 6.07) is 0.155. The molecule has 0 unspecified atom stereocenters. The fourth-order valence-electron chi connectivity index (χ4n) is 2.77. The Hall–Kier alpha value is -0.590. The first-order valence-electron chi connectivity index (χ1n) is 5.96. The molecule has 4 rings (SSSR count). The van der Waals surface area contributed by atoms with Gasteiger partial charge in [-0.05, 0) is 47.8 Å². The van der Waals surface area contributed by atoms with Crippen LogP contribution in [0.15, 0.2) is 16.9 Å². The summed E-state index contributed by atoms with van der Waals surface area (Å²) in [4.78, 5) is 14.4. The molecule has 3 saturated heterocycles. The molecule has 0 aromatic carbocycles. The van der Waals surface area contributed by atoms with Crippen molar-refractivity contribution in [2.75, 3.05) is 19.6 Å². The molecule has 5 nitrogen and oxygen atoms in total. The maximum Gasteiger partial charge on any atom is 0.342 e. The predicted molar refractivity (Wildman–Crippen MR) is 74.1 cm³/mol. The molecule has 1 amide bonds.